The maximum atomic E-state index is 12.3. The summed E-state index contributed by atoms with van der Waals surface area (Å²) in [6.07, 6.45) is 10.9. The number of para-hydroxylation sites is 1. The van der Waals surface area contributed by atoms with Gasteiger partial charge < -0.3 is 14.6 Å². The summed E-state index contributed by atoms with van der Waals surface area (Å²) in [7, 11) is 0. The average molecular weight is 519 g/mol. The van der Waals surface area contributed by atoms with Crippen molar-refractivity contribution in [3.05, 3.63) is 59.7 Å². The van der Waals surface area contributed by atoms with Crippen LogP contribution in [0.3, 0.4) is 0 Å². The topological polar surface area (TPSA) is 89.9 Å². The van der Waals surface area contributed by atoms with Crippen LogP contribution in [-0.4, -0.2) is 28.3 Å². The van der Waals surface area contributed by atoms with Crippen LogP contribution in [0.2, 0.25) is 0 Å². The van der Waals surface area contributed by atoms with E-state index in [2.05, 4.69) is 15.9 Å². The number of ether oxygens (including phenoxy) is 2. The Morgan fingerprint density at radius 3 is 1.91 bits per heavy atom. The summed E-state index contributed by atoms with van der Waals surface area (Å²) in [5.74, 6) is -1.84. The molecule has 0 saturated heterocycles. The number of carboxylic acids is 1. The highest BCUT2D eigenvalue weighted by Gasteiger charge is 2.15. The van der Waals surface area contributed by atoms with E-state index in [0.29, 0.717) is 12.2 Å². The lowest BCUT2D eigenvalue weighted by atomic mass is 10.1. The molecule has 0 saturated carbocycles. The number of alkyl halides is 1. The van der Waals surface area contributed by atoms with Crippen LogP contribution in [0.5, 0.6) is 11.5 Å². The van der Waals surface area contributed by atoms with Gasteiger partial charge >= 0.3 is 17.9 Å². The number of esters is 2. The first kappa shape index (κ1) is 26.6. The fourth-order valence-electron chi connectivity index (χ4n) is 3.33. The quantitative estimate of drug-likeness (QED) is 0.120. The minimum Gasteiger partial charge on any atom is -0.478 e. The Balaban J connectivity index is 1.68. The third-order valence-electron chi connectivity index (χ3n) is 5.16. The molecule has 178 valence electrons. The van der Waals surface area contributed by atoms with Gasteiger partial charge in [-0.05, 0) is 49.2 Å². The van der Waals surface area contributed by atoms with Crippen LogP contribution in [0.15, 0.2) is 48.5 Å². The van der Waals surface area contributed by atoms with Crippen molar-refractivity contribution in [3.63, 3.8) is 0 Å². The summed E-state index contributed by atoms with van der Waals surface area (Å²) < 4.78 is 10.5. The van der Waals surface area contributed by atoms with E-state index in [4.69, 9.17) is 9.47 Å². The summed E-state index contributed by atoms with van der Waals surface area (Å²) in [4.78, 5) is 35.6. The molecule has 6 nitrogen and oxygen atoms in total. The highest BCUT2D eigenvalue weighted by Crippen LogP contribution is 2.21. The van der Waals surface area contributed by atoms with Crippen molar-refractivity contribution in [3.8, 4) is 11.5 Å². The van der Waals surface area contributed by atoms with Crippen molar-refractivity contribution >= 4 is 33.8 Å². The van der Waals surface area contributed by atoms with E-state index in [-0.39, 0.29) is 22.8 Å². The molecule has 0 heterocycles. The lowest BCUT2D eigenvalue weighted by Crippen LogP contribution is -2.12. The molecule has 0 aliphatic carbocycles. The molecule has 2 rings (SSSR count). The molecule has 0 atom stereocenters. The van der Waals surface area contributed by atoms with Crippen molar-refractivity contribution in [1.29, 1.82) is 0 Å². The molecule has 0 unspecified atom stereocenters. The van der Waals surface area contributed by atoms with Gasteiger partial charge in [0, 0.05) is 11.8 Å². The molecule has 0 aromatic heterocycles. The molecule has 1 N–H and O–H groups in total. The molecule has 0 bridgehead atoms. The zero-order valence-corrected chi connectivity index (χ0v) is 20.3. The zero-order valence-electron chi connectivity index (χ0n) is 18.8. The number of halogens is 1. The number of carboxylic acid groups (broad SMARTS) is 1. The Bertz CT molecular complexity index is 894. The highest BCUT2D eigenvalue weighted by molar-refractivity contribution is 9.09. The van der Waals surface area contributed by atoms with Crippen molar-refractivity contribution in [2.24, 2.45) is 0 Å². The third-order valence-corrected chi connectivity index (χ3v) is 5.72. The van der Waals surface area contributed by atoms with E-state index in [1.807, 2.05) is 0 Å². The lowest BCUT2D eigenvalue weighted by molar-refractivity contribution is -0.134. The molecule has 2 aromatic carbocycles. The van der Waals surface area contributed by atoms with Gasteiger partial charge in [-0.15, -0.1) is 0 Å². The van der Waals surface area contributed by atoms with E-state index in [0.717, 1.165) is 24.6 Å². The smallest absolute Gasteiger partial charge is 0.343 e. The maximum absolute atomic E-state index is 12.3. The fourth-order valence-corrected chi connectivity index (χ4v) is 3.73. The van der Waals surface area contributed by atoms with Crippen LogP contribution in [0.25, 0.3) is 0 Å². The second-order valence-corrected chi connectivity index (χ2v) is 8.60. The maximum Gasteiger partial charge on any atom is 0.343 e. The van der Waals surface area contributed by atoms with Crippen molar-refractivity contribution in [2.75, 3.05) is 5.33 Å². The van der Waals surface area contributed by atoms with E-state index >= 15 is 0 Å². The predicted molar refractivity (Wildman–Crippen MR) is 130 cm³/mol. The molecule has 33 heavy (non-hydrogen) atoms. The van der Waals surface area contributed by atoms with Gasteiger partial charge in [0.15, 0.2) is 0 Å². The number of carbonyl (C=O) groups excluding carboxylic acids is 2. The van der Waals surface area contributed by atoms with Gasteiger partial charge in [0.25, 0.3) is 0 Å². The van der Waals surface area contributed by atoms with E-state index in [9.17, 15) is 19.5 Å². The molecule has 0 aliphatic rings. The fraction of sp³-hybridized carbons (Fsp3) is 0.423. The summed E-state index contributed by atoms with van der Waals surface area (Å²) >= 11 is 3.45. The normalized spacial score (nSPS) is 10.6. The highest BCUT2D eigenvalue weighted by atomic mass is 79.9. The number of hydrogen-bond donors (Lipinski definition) is 1. The number of hydrogen-bond acceptors (Lipinski definition) is 5. The third kappa shape index (κ3) is 10.2. The van der Waals surface area contributed by atoms with E-state index < -0.39 is 11.9 Å². The summed E-state index contributed by atoms with van der Waals surface area (Å²) in [6, 6.07) is 11.9. The van der Waals surface area contributed by atoms with Gasteiger partial charge in [-0.25, -0.2) is 9.59 Å². The molecule has 2 aromatic rings. The predicted octanol–water partition coefficient (Wildman–Crippen LogP) is 6.81. The molecule has 0 fully saturated rings. The summed E-state index contributed by atoms with van der Waals surface area (Å²) in [5.41, 5.74) is 0.129. The Labute approximate surface area is 203 Å². The lowest BCUT2D eigenvalue weighted by Gasteiger charge is -2.08. The van der Waals surface area contributed by atoms with Gasteiger partial charge in [0.1, 0.15) is 17.1 Å². The Kier molecular flexibility index (Phi) is 12.3. The van der Waals surface area contributed by atoms with Gasteiger partial charge in [-0.3, -0.25) is 4.79 Å². The number of unbranched alkanes of at least 4 members (excludes halogenated alkanes) is 8. The van der Waals surface area contributed by atoms with Crippen LogP contribution >= 0.6 is 15.9 Å². The van der Waals surface area contributed by atoms with Gasteiger partial charge in [0.05, 0.1) is 5.56 Å². The molecule has 0 radical (unpaired) electrons. The van der Waals surface area contributed by atoms with Crippen molar-refractivity contribution in [2.45, 2.75) is 64.2 Å². The SMILES string of the molecule is O=C(CCCCCCCCCCCBr)Oc1ccc(C(=O)Oc2ccccc2C(=O)O)cc1. The van der Waals surface area contributed by atoms with Gasteiger partial charge in [-0.2, -0.15) is 0 Å². The van der Waals surface area contributed by atoms with Gasteiger partial charge in [-0.1, -0.05) is 73.0 Å². The first-order valence-corrected chi connectivity index (χ1v) is 12.5. The molecule has 0 amide bonds. The first-order valence-electron chi connectivity index (χ1n) is 11.4. The zero-order chi connectivity index (χ0) is 23.9. The number of rotatable bonds is 15. The molecular formula is C26H31BrO6. The van der Waals surface area contributed by atoms with Crippen molar-refractivity contribution < 1.29 is 29.0 Å². The average Bonchev–Trinajstić information content (AvgIpc) is 2.81. The van der Waals surface area contributed by atoms with Crippen LogP contribution in [0, 0.1) is 0 Å². The molecule has 7 heteroatoms. The summed E-state index contributed by atoms with van der Waals surface area (Å²) in [5, 5.41) is 10.3. The standard InChI is InChI=1S/C26H31BrO6/c27-19-11-7-5-3-1-2-4-6-8-14-24(28)32-21-17-15-20(16-18-21)26(31)33-23-13-10-9-12-22(23)25(29)30/h9-10,12-13,15-18H,1-8,11,14,19H2,(H,29,30). The Morgan fingerprint density at radius 1 is 0.727 bits per heavy atom. The number of carbonyl (C=O) groups is 3. The Hall–Kier alpha value is -2.67. The van der Waals surface area contributed by atoms with Crippen LogP contribution in [-0.2, 0) is 4.79 Å². The van der Waals surface area contributed by atoms with Gasteiger partial charge in [0.2, 0.25) is 0 Å². The minimum atomic E-state index is -1.18. The second-order valence-electron chi connectivity index (χ2n) is 7.81. The van der Waals surface area contributed by atoms with Crippen molar-refractivity contribution in [1.82, 2.24) is 0 Å². The van der Waals surface area contributed by atoms with Crippen LogP contribution in [0.1, 0.15) is 84.9 Å². The Morgan fingerprint density at radius 2 is 1.30 bits per heavy atom. The van der Waals surface area contributed by atoms with E-state index in [1.54, 1.807) is 12.1 Å². The molecule has 0 aliphatic heterocycles. The monoisotopic (exact) mass is 518 g/mol. The largest absolute Gasteiger partial charge is 0.478 e. The molecular weight excluding hydrogens is 488 g/mol. The van der Waals surface area contributed by atoms with Crippen LogP contribution in [0.4, 0.5) is 0 Å². The van der Waals surface area contributed by atoms with Crippen LogP contribution < -0.4 is 9.47 Å². The number of aromatic carboxylic acids is 1. The first-order chi connectivity index (χ1) is 16.0. The summed E-state index contributed by atoms with van der Waals surface area (Å²) in [6.45, 7) is 0. The van der Waals surface area contributed by atoms with E-state index in [1.165, 1.54) is 74.9 Å². The second kappa shape index (κ2) is 15.2. The minimum absolute atomic E-state index is 0.0276. The number of benzene rings is 2. The molecule has 0 spiro atoms.